The molecule has 2 unspecified atom stereocenters. The summed E-state index contributed by atoms with van der Waals surface area (Å²) < 4.78 is 0. The number of rotatable bonds is 3. The Morgan fingerprint density at radius 3 is 2.94 bits per heavy atom. The van der Waals surface area contributed by atoms with Gasteiger partial charge in [0.1, 0.15) is 0 Å². The van der Waals surface area contributed by atoms with E-state index in [1.807, 2.05) is 19.9 Å². The van der Waals surface area contributed by atoms with E-state index in [1.165, 1.54) is 0 Å². The maximum absolute atomic E-state index is 11.2. The third-order valence-electron chi connectivity index (χ3n) is 3.29. The molecule has 1 saturated heterocycles. The number of hydrogen-bond acceptors (Lipinski definition) is 4. The van der Waals surface area contributed by atoms with Gasteiger partial charge < -0.3 is 10.4 Å². The summed E-state index contributed by atoms with van der Waals surface area (Å²) in [5.41, 5.74) is 2.79. The second-order valence-electron chi connectivity index (χ2n) is 4.45. The molecular formula is C12H17N3O2. The van der Waals surface area contributed by atoms with Gasteiger partial charge in [0.15, 0.2) is 0 Å². The summed E-state index contributed by atoms with van der Waals surface area (Å²) in [6.45, 7) is 5.13. The average molecular weight is 235 g/mol. The first-order valence-corrected chi connectivity index (χ1v) is 5.90. The summed E-state index contributed by atoms with van der Waals surface area (Å²) in [4.78, 5) is 11.2. The maximum atomic E-state index is 11.2. The highest BCUT2D eigenvalue weighted by atomic mass is 16.4. The molecule has 2 atom stereocenters. The smallest absolute Gasteiger partial charge is 0.308 e. The summed E-state index contributed by atoms with van der Waals surface area (Å²) >= 11 is 0. The molecule has 2 rings (SSSR count). The van der Waals surface area contributed by atoms with Crippen LogP contribution in [0, 0.1) is 12.8 Å². The molecule has 0 bridgehead atoms. The first-order chi connectivity index (χ1) is 8.13. The second kappa shape index (κ2) is 4.79. The van der Waals surface area contributed by atoms with Crippen molar-refractivity contribution in [3.8, 4) is 0 Å². The number of carboxylic acids is 1. The largest absolute Gasteiger partial charge is 0.481 e. The molecule has 1 aliphatic heterocycles. The maximum Gasteiger partial charge on any atom is 0.308 e. The molecule has 2 heterocycles. The van der Waals surface area contributed by atoms with Crippen molar-refractivity contribution in [1.29, 1.82) is 0 Å². The van der Waals surface area contributed by atoms with Crippen molar-refractivity contribution in [2.45, 2.75) is 26.2 Å². The van der Waals surface area contributed by atoms with Crippen LogP contribution in [0.2, 0.25) is 0 Å². The lowest BCUT2D eigenvalue weighted by Gasteiger charge is -2.17. The van der Waals surface area contributed by atoms with E-state index in [4.69, 9.17) is 0 Å². The van der Waals surface area contributed by atoms with E-state index in [2.05, 4.69) is 15.5 Å². The Kier molecular flexibility index (Phi) is 3.38. The zero-order valence-electron chi connectivity index (χ0n) is 10.1. The van der Waals surface area contributed by atoms with Gasteiger partial charge in [-0.3, -0.25) is 4.79 Å². The van der Waals surface area contributed by atoms with Crippen molar-refractivity contribution in [2.75, 3.05) is 13.1 Å². The van der Waals surface area contributed by atoms with Crippen molar-refractivity contribution >= 4 is 5.97 Å². The standard InChI is InChI=1S/C12H17N3O2/c1-3-11-8(4-7(2)14-15-11)9-5-13-6-10(9)12(16)17/h4,9-10,13H,3,5-6H2,1-2H3,(H,16,17). The molecule has 0 amide bonds. The molecular weight excluding hydrogens is 218 g/mol. The Morgan fingerprint density at radius 2 is 2.29 bits per heavy atom. The Bertz CT molecular complexity index is 434. The minimum Gasteiger partial charge on any atom is -0.481 e. The van der Waals surface area contributed by atoms with Crippen LogP contribution in [-0.2, 0) is 11.2 Å². The third kappa shape index (κ3) is 2.29. The van der Waals surface area contributed by atoms with Crippen LogP contribution in [0.5, 0.6) is 0 Å². The van der Waals surface area contributed by atoms with Crippen molar-refractivity contribution in [3.63, 3.8) is 0 Å². The van der Waals surface area contributed by atoms with Crippen LogP contribution in [0.25, 0.3) is 0 Å². The summed E-state index contributed by atoms with van der Waals surface area (Å²) in [7, 11) is 0. The number of carbonyl (C=O) groups is 1. The van der Waals surface area contributed by atoms with Crippen molar-refractivity contribution in [1.82, 2.24) is 15.5 Å². The second-order valence-corrected chi connectivity index (χ2v) is 4.45. The SMILES string of the molecule is CCc1nnc(C)cc1C1CNCC1C(=O)O. The van der Waals surface area contributed by atoms with Gasteiger partial charge in [-0.2, -0.15) is 10.2 Å². The lowest BCUT2D eigenvalue weighted by atomic mass is 9.87. The fourth-order valence-corrected chi connectivity index (χ4v) is 2.40. The highest BCUT2D eigenvalue weighted by Crippen LogP contribution is 2.30. The van der Waals surface area contributed by atoms with Gasteiger partial charge in [-0.15, -0.1) is 0 Å². The van der Waals surface area contributed by atoms with Crippen molar-refractivity contribution in [3.05, 3.63) is 23.0 Å². The van der Waals surface area contributed by atoms with E-state index in [-0.39, 0.29) is 11.8 Å². The van der Waals surface area contributed by atoms with Gasteiger partial charge in [-0.25, -0.2) is 0 Å². The molecule has 0 radical (unpaired) electrons. The Hall–Kier alpha value is -1.49. The molecule has 5 heteroatoms. The van der Waals surface area contributed by atoms with E-state index >= 15 is 0 Å². The van der Waals surface area contributed by atoms with Crippen molar-refractivity contribution in [2.24, 2.45) is 5.92 Å². The first kappa shape index (κ1) is 12.0. The number of carboxylic acid groups (broad SMARTS) is 1. The van der Waals surface area contributed by atoms with Crippen LogP contribution in [-0.4, -0.2) is 34.4 Å². The fraction of sp³-hybridized carbons (Fsp3) is 0.583. The minimum atomic E-state index is -0.739. The monoisotopic (exact) mass is 235 g/mol. The van der Waals surface area contributed by atoms with Gasteiger partial charge in [0.2, 0.25) is 0 Å². The fourth-order valence-electron chi connectivity index (χ4n) is 2.40. The van der Waals surface area contributed by atoms with Crippen LogP contribution >= 0.6 is 0 Å². The quantitative estimate of drug-likeness (QED) is 0.808. The van der Waals surface area contributed by atoms with Gasteiger partial charge in [0.25, 0.3) is 0 Å². The van der Waals surface area contributed by atoms with Gasteiger partial charge in [-0.1, -0.05) is 6.92 Å². The van der Waals surface area contributed by atoms with E-state index in [1.54, 1.807) is 0 Å². The zero-order valence-corrected chi connectivity index (χ0v) is 10.1. The van der Waals surface area contributed by atoms with Crippen LogP contribution in [0.3, 0.4) is 0 Å². The number of nitrogens with one attached hydrogen (secondary N) is 1. The predicted molar refractivity (Wildman–Crippen MR) is 62.9 cm³/mol. The Labute approximate surface area is 100 Å². The first-order valence-electron chi connectivity index (χ1n) is 5.90. The van der Waals surface area contributed by atoms with Crippen LogP contribution in [0.1, 0.15) is 29.8 Å². The van der Waals surface area contributed by atoms with Gasteiger partial charge in [0, 0.05) is 19.0 Å². The molecule has 1 aliphatic rings. The van der Waals surface area contributed by atoms with Crippen LogP contribution < -0.4 is 5.32 Å². The van der Waals surface area contributed by atoms with E-state index < -0.39 is 5.97 Å². The molecule has 17 heavy (non-hydrogen) atoms. The lowest BCUT2D eigenvalue weighted by Crippen LogP contribution is -2.22. The number of aliphatic carboxylic acids is 1. The molecule has 0 saturated carbocycles. The zero-order chi connectivity index (χ0) is 12.4. The summed E-state index contributed by atoms with van der Waals surface area (Å²) in [6, 6.07) is 1.97. The molecule has 0 spiro atoms. The Balaban J connectivity index is 2.38. The van der Waals surface area contributed by atoms with E-state index in [0.29, 0.717) is 13.1 Å². The van der Waals surface area contributed by atoms with E-state index in [0.717, 1.165) is 23.4 Å². The molecule has 2 N–H and O–H groups in total. The van der Waals surface area contributed by atoms with Crippen molar-refractivity contribution < 1.29 is 9.90 Å². The van der Waals surface area contributed by atoms with Gasteiger partial charge >= 0.3 is 5.97 Å². The molecule has 92 valence electrons. The van der Waals surface area contributed by atoms with Crippen LogP contribution in [0.4, 0.5) is 0 Å². The average Bonchev–Trinajstić information content (AvgIpc) is 2.77. The minimum absolute atomic E-state index is 0.0108. The highest BCUT2D eigenvalue weighted by Gasteiger charge is 2.35. The molecule has 1 aromatic rings. The highest BCUT2D eigenvalue weighted by molar-refractivity contribution is 5.72. The molecule has 1 fully saturated rings. The normalized spacial score (nSPS) is 23.9. The number of aromatic nitrogens is 2. The summed E-state index contributed by atoms with van der Waals surface area (Å²) in [6.07, 6.45) is 0.783. The Morgan fingerprint density at radius 1 is 1.53 bits per heavy atom. The van der Waals surface area contributed by atoms with Crippen LogP contribution in [0.15, 0.2) is 6.07 Å². The van der Waals surface area contributed by atoms with Gasteiger partial charge in [0.05, 0.1) is 17.3 Å². The van der Waals surface area contributed by atoms with E-state index in [9.17, 15) is 9.90 Å². The topological polar surface area (TPSA) is 75.1 Å². The molecule has 5 nitrogen and oxygen atoms in total. The molecule has 1 aromatic heterocycles. The summed E-state index contributed by atoms with van der Waals surface area (Å²) in [5, 5.41) is 20.5. The number of hydrogen-bond donors (Lipinski definition) is 2. The third-order valence-corrected chi connectivity index (χ3v) is 3.29. The number of aryl methyl sites for hydroxylation is 2. The summed E-state index contributed by atoms with van der Waals surface area (Å²) in [5.74, 6) is -1.09. The molecule has 0 aromatic carbocycles. The predicted octanol–water partition coefficient (Wildman–Crippen LogP) is 0.735. The number of nitrogens with zero attached hydrogens (tertiary/aromatic N) is 2. The lowest BCUT2D eigenvalue weighted by molar-refractivity contribution is -0.141. The van der Waals surface area contributed by atoms with Gasteiger partial charge in [-0.05, 0) is 25.0 Å². The molecule has 0 aliphatic carbocycles.